The van der Waals surface area contributed by atoms with E-state index in [0.717, 1.165) is 16.9 Å². The Morgan fingerprint density at radius 1 is 1.04 bits per heavy atom. The van der Waals surface area contributed by atoms with E-state index >= 15 is 0 Å². The van der Waals surface area contributed by atoms with Gasteiger partial charge in [-0.1, -0.05) is 30.3 Å². The van der Waals surface area contributed by atoms with Crippen molar-refractivity contribution in [2.45, 2.75) is 45.6 Å². The summed E-state index contributed by atoms with van der Waals surface area (Å²) in [5.41, 5.74) is 1.71. The van der Waals surface area contributed by atoms with Gasteiger partial charge in [-0.2, -0.15) is 0 Å². The zero-order valence-electron chi connectivity index (χ0n) is 16.6. The van der Waals surface area contributed by atoms with E-state index in [9.17, 15) is 9.50 Å². The van der Waals surface area contributed by atoms with Crippen LogP contribution in [0.4, 0.5) is 4.39 Å². The van der Waals surface area contributed by atoms with Crippen LogP contribution < -0.4 is 4.74 Å². The summed E-state index contributed by atoms with van der Waals surface area (Å²) in [5, 5.41) is 10.5. The van der Waals surface area contributed by atoms with E-state index in [1.807, 2.05) is 45.0 Å². The van der Waals surface area contributed by atoms with Gasteiger partial charge in [-0.3, -0.25) is 4.90 Å². The average Bonchev–Trinajstić information content (AvgIpc) is 2.62. The topological polar surface area (TPSA) is 41.9 Å². The van der Waals surface area contributed by atoms with Crippen LogP contribution >= 0.6 is 0 Å². The Morgan fingerprint density at radius 2 is 1.70 bits per heavy atom. The van der Waals surface area contributed by atoms with Gasteiger partial charge in [0.2, 0.25) is 0 Å². The monoisotopic (exact) mass is 375 g/mol. The molecule has 0 amide bonds. The van der Waals surface area contributed by atoms with Crippen LogP contribution in [0.15, 0.2) is 48.5 Å². The van der Waals surface area contributed by atoms with Gasteiger partial charge in [-0.05, 0) is 44.5 Å². The second-order valence-electron chi connectivity index (χ2n) is 7.69. The molecule has 148 valence electrons. The van der Waals surface area contributed by atoms with E-state index < -0.39 is 6.10 Å². The molecular weight excluding hydrogens is 345 g/mol. The van der Waals surface area contributed by atoms with Crippen LogP contribution in [0.1, 0.15) is 31.9 Å². The molecule has 2 aromatic rings. The van der Waals surface area contributed by atoms with Crippen molar-refractivity contribution in [2.75, 3.05) is 20.3 Å². The predicted molar refractivity (Wildman–Crippen MR) is 105 cm³/mol. The van der Waals surface area contributed by atoms with Gasteiger partial charge in [0.15, 0.2) is 0 Å². The quantitative estimate of drug-likeness (QED) is 0.719. The minimum absolute atomic E-state index is 0.256. The lowest BCUT2D eigenvalue weighted by atomic mass is 10.1. The van der Waals surface area contributed by atoms with Gasteiger partial charge in [0.25, 0.3) is 0 Å². The lowest BCUT2D eigenvalue weighted by Gasteiger charge is -2.28. The summed E-state index contributed by atoms with van der Waals surface area (Å²) >= 11 is 0. The number of halogens is 1. The number of methoxy groups -OCH3 is 1. The summed E-state index contributed by atoms with van der Waals surface area (Å²) in [6.45, 7) is 7.78. The maximum Gasteiger partial charge on any atom is 0.123 e. The molecule has 0 heterocycles. The number of nitrogens with zero attached hydrogens (tertiary/aromatic N) is 1. The van der Waals surface area contributed by atoms with Crippen LogP contribution in [0.2, 0.25) is 0 Å². The maximum absolute atomic E-state index is 13.2. The van der Waals surface area contributed by atoms with Crippen molar-refractivity contribution >= 4 is 0 Å². The van der Waals surface area contributed by atoms with Crippen molar-refractivity contribution in [3.05, 3.63) is 65.5 Å². The highest BCUT2D eigenvalue weighted by molar-refractivity contribution is 5.33. The second-order valence-corrected chi connectivity index (χ2v) is 7.69. The molecule has 1 N–H and O–H groups in total. The fraction of sp³-hybridized carbons (Fsp3) is 0.455. The number of ether oxygens (including phenoxy) is 2. The van der Waals surface area contributed by atoms with E-state index in [0.29, 0.717) is 19.6 Å². The van der Waals surface area contributed by atoms with Gasteiger partial charge in [0, 0.05) is 25.2 Å². The standard InChI is InChI=1S/C22H30FNO3/c1-22(2,3)27-16-20(25)15-24(13-17-9-11-19(23)12-10-17)14-18-7-5-6-8-21(18)26-4/h5-12,20,25H,13-16H2,1-4H3. The normalized spacial score (nSPS) is 13.0. The SMILES string of the molecule is COc1ccccc1CN(Cc1ccc(F)cc1)CC(O)COC(C)(C)C. The smallest absolute Gasteiger partial charge is 0.123 e. The highest BCUT2D eigenvalue weighted by Gasteiger charge is 2.18. The number of aliphatic hydroxyl groups excluding tert-OH is 1. The molecule has 27 heavy (non-hydrogen) atoms. The number of rotatable bonds is 9. The average molecular weight is 375 g/mol. The molecule has 0 aliphatic carbocycles. The Kier molecular flexibility index (Phi) is 7.78. The maximum atomic E-state index is 13.2. The van der Waals surface area contributed by atoms with Crippen molar-refractivity contribution in [3.63, 3.8) is 0 Å². The minimum Gasteiger partial charge on any atom is -0.496 e. The largest absolute Gasteiger partial charge is 0.496 e. The highest BCUT2D eigenvalue weighted by Crippen LogP contribution is 2.21. The van der Waals surface area contributed by atoms with Crippen LogP contribution in [0.3, 0.4) is 0 Å². The molecule has 0 fully saturated rings. The zero-order chi connectivity index (χ0) is 19.9. The van der Waals surface area contributed by atoms with Gasteiger partial charge in [0.1, 0.15) is 11.6 Å². The van der Waals surface area contributed by atoms with Crippen molar-refractivity contribution < 1.29 is 19.0 Å². The first-order valence-electron chi connectivity index (χ1n) is 9.17. The third-order valence-electron chi connectivity index (χ3n) is 4.08. The Hall–Kier alpha value is -1.95. The zero-order valence-corrected chi connectivity index (χ0v) is 16.6. The summed E-state index contributed by atoms with van der Waals surface area (Å²) in [4.78, 5) is 2.11. The van der Waals surface area contributed by atoms with Crippen LogP contribution in [0, 0.1) is 5.82 Å². The molecule has 0 aromatic heterocycles. The summed E-state index contributed by atoms with van der Waals surface area (Å²) in [6, 6.07) is 14.3. The van der Waals surface area contributed by atoms with Crippen LogP contribution in [-0.2, 0) is 17.8 Å². The summed E-state index contributed by atoms with van der Waals surface area (Å²) in [7, 11) is 1.65. The molecule has 5 heteroatoms. The third kappa shape index (κ3) is 7.67. The molecule has 0 saturated heterocycles. The third-order valence-corrected chi connectivity index (χ3v) is 4.08. The predicted octanol–water partition coefficient (Wildman–Crippen LogP) is 4.01. The molecule has 0 spiro atoms. The molecule has 0 aliphatic rings. The summed E-state index contributed by atoms with van der Waals surface area (Å²) in [5.74, 6) is 0.552. The van der Waals surface area contributed by atoms with Crippen molar-refractivity contribution in [3.8, 4) is 5.75 Å². The molecule has 4 nitrogen and oxygen atoms in total. The number of aliphatic hydroxyl groups is 1. The Labute approximate surface area is 161 Å². The van der Waals surface area contributed by atoms with E-state index in [2.05, 4.69) is 4.90 Å². The van der Waals surface area contributed by atoms with Crippen LogP contribution in [-0.4, -0.2) is 42.0 Å². The second kappa shape index (κ2) is 9.83. The Bertz CT molecular complexity index is 697. The lowest BCUT2D eigenvalue weighted by Crippen LogP contribution is -2.36. The van der Waals surface area contributed by atoms with E-state index in [-0.39, 0.29) is 18.0 Å². The van der Waals surface area contributed by atoms with Crippen LogP contribution in [0.25, 0.3) is 0 Å². The van der Waals surface area contributed by atoms with Gasteiger partial charge in [-0.25, -0.2) is 4.39 Å². The Balaban J connectivity index is 2.10. The minimum atomic E-state index is -0.626. The van der Waals surface area contributed by atoms with Gasteiger partial charge >= 0.3 is 0 Å². The van der Waals surface area contributed by atoms with Crippen molar-refractivity contribution in [2.24, 2.45) is 0 Å². The lowest BCUT2D eigenvalue weighted by molar-refractivity contribution is -0.0573. The number of hydrogen-bond acceptors (Lipinski definition) is 4. The van der Waals surface area contributed by atoms with Gasteiger partial charge in [-0.15, -0.1) is 0 Å². The number of para-hydroxylation sites is 1. The first-order valence-corrected chi connectivity index (χ1v) is 9.17. The summed E-state index contributed by atoms with van der Waals surface area (Å²) < 4.78 is 24.4. The van der Waals surface area contributed by atoms with Crippen molar-refractivity contribution in [1.82, 2.24) is 4.90 Å². The number of hydrogen-bond donors (Lipinski definition) is 1. The molecule has 0 aliphatic heterocycles. The molecule has 1 unspecified atom stereocenters. The molecule has 1 atom stereocenters. The van der Waals surface area contributed by atoms with E-state index in [1.54, 1.807) is 19.2 Å². The first-order chi connectivity index (χ1) is 12.8. The van der Waals surface area contributed by atoms with Gasteiger partial charge in [0.05, 0.1) is 25.4 Å². The van der Waals surface area contributed by atoms with E-state index in [1.165, 1.54) is 12.1 Å². The molecule has 2 aromatic carbocycles. The summed E-state index contributed by atoms with van der Waals surface area (Å²) in [6.07, 6.45) is -0.626. The fourth-order valence-corrected chi connectivity index (χ4v) is 2.80. The van der Waals surface area contributed by atoms with Crippen molar-refractivity contribution in [1.29, 1.82) is 0 Å². The van der Waals surface area contributed by atoms with E-state index in [4.69, 9.17) is 9.47 Å². The fourth-order valence-electron chi connectivity index (χ4n) is 2.80. The molecule has 0 bridgehead atoms. The highest BCUT2D eigenvalue weighted by atomic mass is 19.1. The molecule has 0 saturated carbocycles. The Morgan fingerprint density at radius 3 is 2.33 bits per heavy atom. The molecule has 2 rings (SSSR count). The number of benzene rings is 2. The molecule has 0 radical (unpaired) electrons. The molecular formula is C22H30FNO3. The van der Waals surface area contributed by atoms with Crippen LogP contribution in [0.5, 0.6) is 5.75 Å². The first kappa shape index (κ1) is 21.4. The van der Waals surface area contributed by atoms with Gasteiger partial charge < -0.3 is 14.6 Å².